The topological polar surface area (TPSA) is 50.2 Å². The average molecular weight is 136 g/mol. The van der Waals surface area contributed by atoms with Crippen LogP contribution >= 0.6 is 0 Å². The van der Waals surface area contributed by atoms with Crippen molar-refractivity contribution in [2.75, 3.05) is 0 Å². The van der Waals surface area contributed by atoms with Crippen LogP contribution < -0.4 is 0 Å². The Morgan fingerprint density at radius 3 is 2.70 bits per heavy atom. The number of nitrogens with zero attached hydrogens (tertiary/aromatic N) is 1. The molecule has 0 amide bonds. The molecule has 1 N–H and O–H groups in total. The van der Waals surface area contributed by atoms with Gasteiger partial charge in [-0.1, -0.05) is 6.07 Å². The highest BCUT2D eigenvalue weighted by Crippen LogP contribution is 1.96. The lowest BCUT2D eigenvalue weighted by Crippen LogP contribution is -1.99. The van der Waals surface area contributed by atoms with Crippen molar-refractivity contribution in [3.05, 3.63) is 36.5 Å². The maximum Gasteiger partial charge on any atom is 0.354 e. The quantitative estimate of drug-likeness (QED) is 0.625. The number of aromatic nitrogens is 1. The fraction of sp³-hybridized carbons (Fsp3) is 0. The summed E-state index contributed by atoms with van der Waals surface area (Å²) in [5, 5.41) is 8.42. The summed E-state index contributed by atoms with van der Waals surface area (Å²) in [6.07, 6.45) is 0. The van der Waals surface area contributed by atoms with Gasteiger partial charge in [0.2, 0.25) is 0 Å². The number of carbonyl (C=O) groups is 1. The molecule has 0 aliphatic carbocycles. The first kappa shape index (κ1) is 6.74. The molecule has 0 unspecified atom stereocenters. The molecule has 1 radical (unpaired) electrons. The molecule has 1 rings (SSSR count). The Morgan fingerprint density at radius 2 is 2.30 bits per heavy atom. The summed E-state index contributed by atoms with van der Waals surface area (Å²) in [4.78, 5) is 13.9. The van der Waals surface area contributed by atoms with E-state index in [1.165, 1.54) is 6.07 Å². The van der Waals surface area contributed by atoms with Crippen LogP contribution in [-0.2, 0) is 0 Å². The molecule has 0 atom stereocenters. The van der Waals surface area contributed by atoms with Gasteiger partial charge in [0.15, 0.2) is 0 Å². The number of hydrogen-bond donors (Lipinski definition) is 1. The predicted octanol–water partition coefficient (Wildman–Crippen LogP) is 0.962. The van der Waals surface area contributed by atoms with Crippen LogP contribution in [0.3, 0.4) is 0 Å². The predicted molar refractivity (Wildman–Crippen MR) is 35.7 cm³/mol. The van der Waals surface area contributed by atoms with Gasteiger partial charge < -0.3 is 5.11 Å². The number of carboxylic acid groups (broad SMARTS) is 1. The van der Waals surface area contributed by atoms with Gasteiger partial charge >= 0.3 is 5.97 Å². The van der Waals surface area contributed by atoms with Crippen molar-refractivity contribution in [2.45, 2.75) is 0 Å². The summed E-state index contributed by atoms with van der Waals surface area (Å²) in [5.41, 5.74) is 0.507. The van der Waals surface area contributed by atoms with Gasteiger partial charge in [-0.3, -0.25) is 0 Å². The Kier molecular flexibility index (Phi) is 1.67. The van der Waals surface area contributed by atoms with Crippen LogP contribution in [-0.4, -0.2) is 16.1 Å². The van der Waals surface area contributed by atoms with Gasteiger partial charge in [-0.25, -0.2) is 9.78 Å². The lowest BCUT2D eigenvalue weighted by molar-refractivity contribution is 0.0690. The van der Waals surface area contributed by atoms with Crippen LogP contribution in [0.1, 0.15) is 16.2 Å². The van der Waals surface area contributed by atoms with Crippen molar-refractivity contribution >= 4 is 5.97 Å². The Morgan fingerprint density at radius 1 is 1.60 bits per heavy atom. The molecule has 0 aliphatic rings. The molecular formula is C7H6NO2. The molecule has 3 nitrogen and oxygen atoms in total. The van der Waals surface area contributed by atoms with Crippen molar-refractivity contribution in [3.63, 3.8) is 0 Å². The Balaban J connectivity index is 3.07. The third kappa shape index (κ3) is 1.31. The molecule has 10 heavy (non-hydrogen) atoms. The van der Waals surface area contributed by atoms with Crippen LogP contribution in [0.25, 0.3) is 0 Å². The molecule has 51 valence electrons. The summed E-state index contributed by atoms with van der Waals surface area (Å²) in [6.45, 7) is 3.49. The second-order valence-electron chi connectivity index (χ2n) is 1.82. The second kappa shape index (κ2) is 2.47. The highest BCUT2D eigenvalue weighted by atomic mass is 16.4. The summed E-state index contributed by atoms with van der Waals surface area (Å²) >= 11 is 0. The molecular weight excluding hydrogens is 130 g/mol. The molecule has 0 saturated heterocycles. The zero-order chi connectivity index (χ0) is 7.56. The molecule has 1 aromatic heterocycles. The van der Waals surface area contributed by atoms with E-state index in [0.29, 0.717) is 5.69 Å². The normalized spacial score (nSPS) is 9.30. The van der Waals surface area contributed by atoms with Crippen LogP contribution in [0.2, 0.25) is 0 Å². The minimum Gasteiger partial charge on any atom is -0.477 e. The van der Waals surface area contributed by atoms with E-state index < -0.39 is 5.97 Å². The first-order valence-electron chi connectivity index (χ1n) is 2.72. The summed E-state index contributed by atoms with van der Waals surface area (Å²) in [7, 11) is 0. The van der Waals surface area contributed by atoms with Crippen LogP contribution in [0.5, 0.6) is 0 Å². The lowest BCUT2D eigenvalue weighted by atomic mass is 10.3. The molecule has 0 aromatic carbocycles. The first-order chi connectivity index (χ1) is 4.70. The van der Waals surface area contributed by atoms with Crippen molar-refractivity contribution in [3.8, 4) is 0 Å². The first-order valence-corrected chi connectivity index (χ1v) is 2.72. The maximum atomic E-state index is 10.3. The highest BCUT2D eigenvalue weighted by Gasteiger charge is 2.01. The molecule has 0 fully saturated rings. The minimum absolute atomic E-state index is 0.0347. The standard InChI is InChI=1S/C7H6NO2/c1-5-3-2-4-6(8-5)7(9)10/h2-4H,1H2,(H,9,10). The summed E-state index contributed by atoms with van der Waals surface area (Å²) < 4.78 is 0. The Hall–Kier alpha value is -1.38. The SMILES string of the molecule is [CH2]c1cccc(C(=O)O)n1. The molecule has 1 heterocycles. The number of rotatable bonds is 1. The van der Waals surface area contributed by atoms with Gasteiger partial charge in [0, 0.05) is 5.69 Å². The number of aromatic carboxylic acids is 1. The Labute approximate surface area is 58.3 Å². The van der Waals surface area contributed by atoms with E-state index in [1.807, 2.05) is 0 Å². The van der Waals surface area contributed by atoms with Gasteiger partial charge in [0.1, 0.15) is 5.69 Å². The molecule has 0 aliphatic heterocycles. The van der Waals surface area contributed by atoms with E-state index in [9.17, 15) is 4.79 Å². The van der Waals surface area contributed by atoms with E-state index in [1.54, 1.807) is 12.1 Å². The minimum atomic E-state index is -1.02. The van der Waals surface area contributed by atoms with Crippen LogP contribution in [0.15, 0.2) is 18.2 Å². The van der Waals surface area contributed by atoms with Gasteiger partial charge in [-0.05, 0) is 19.1 Å². The maximum absolute atomic E-state index is 10.3. The van der Waals surface area contributed by atoms with Crippen molar-refractivity contribution in [1.82, 2.24) is 4.98 Å². The van der Waals surface area contributed by atoms with Crippen molar-refractivity contribution in [2.24, 2.45) is 0 Å². The number of carboxylic acids is 1. The zero-order valence-electron chi connectivity index (χ0n) is 5.24. The molecule has 0 saturated carbocycles. The monoisotopic (exact) mass is 136 g/mol. The van der Waals surface area contributed by atoms with Gasteiger partial charge in [0.25, 0.3) is 0 Å². The third-order valence-corrected chi connectivity index (χ3v) is 1.03. The molecule has 0 bridgehead atoms. The van der Waals surface area contributed by atoms with E-state index in [4.69, 9.17) is 5.11 Å². The van der Waals surface area contributed by atoms with Gasteiger partial charge in [-0.15, -0.1) is 0 Å². The average Bonchev–Trinajstić information content (AvgIpc) is 1.88. The molecule has 3 heteroatoms. The van der Waals surface area contributed by atoms with E-state index >= 15 is 0 Å². The smallest absolute Gasteiger partial charge is 0.354 e. The number of hydrogen-bond acceptors (Lipinski definition) is 2. The van der Waals surface area contributed by atoms with Crippen molar-refractivity contribution < 1.29 is 9.90 Å². The summed E-state index contributed by atoms with van der Waals surface area (Å²) in [6, 6.07) is 4.68. The second-order valence-corrected chi connectivity index (χ2v) is 1.82. The fourth-order valence-corrected chi connectivity index (χ4v) is 0.599. The van der Waals surface area contributed by atoms with Crippen molar-refractivity contribution in [1.29, 1.82) is 0 Å². The zero-order valence-corrected chi connectivity index (χ0v) is 5.24. The van der Waals surface area contributed by atoms with Gasteiger partial charge in [0.05, 0.1) is 0 Å². The Bertz CT molecular complexity index is 258. The van der Waals surface area contributed by atoms with Crippen LogP contribution in [0.4, 0.5) is 0 Å². The highest BCUT2D eigenvalue weighted by molar-refractivity contribution is 5.85. The third-order valence-electron chi connectivity index (χ3n) is 1.03. The fourth-order valence-electron chi connectivity index (χ4n) is 0.599. The van der Waals surface area contributed by atoms with Crippen LogP contribution in [0, 0.1) is 6.92 Å². The number of pyridine rings is 1. The lowest BCUT2D eigenvalue weighted by Gasteiger charge is -1.92. The summed E-state index contributed by atoms with van der Waals surface area (Å²) in [5.74, 6) is -1.02. The van der Waals surface area contributed by atoms with Gasteiger partial charge in [-0.2, -0.15) is 0 Å². The van der Waals surface area contributed by atoms with E-state index in [-0.39, 0.29) is 5.69 Å². The largest absolute Gasteiger partial charge is 0.477 e. The molecule has 1 aromatic rings. The van der Waals surface area contributed by atoms with E-state index in [0.717, 1.165) is 0 Å². The van der Waals surface area contributed by atoms with E-state index in [2.05, 4.69) is 11.9 Å². The molecule has 0 spiro atoms.